The smallest absolute Gasteiger partial charge is 0.272 e. The highest BCUT2D eigenvalue weighted by Crippen LogP contribution is 2.31. The maximum atomic E-state index is 12.0. The predicted octanol–water partition coefficient (Wildman–Crippen LogP) is 3.55. The molecule has 0 fully saturated rings. The first kappa shape index (κ1) is 14.5. The minimum Gasteiger partial charge on any atom is -0.453 e. The van der Waals surface area contributed by atoms with Gasteiger partial charge in [-0.1, -0.05) is 11.6 Å². The van der Waals surface area contributed by atoms with Crippen LogP contribution in [0, 0.1) is 6.92 Å². The van der Waals surface area contributed by atoms with E-state index in [0.717, 1.165) is 11.1 Å². The molecule has 0 aromatic carbocycles. The summed E-state index contributed by atoms with van der Waals surface area (Å²) in [6, 6.07) is 5.36. The molecule has 5 nitrogen and oxygen atoms in total. The predicted molar refractivity (Wildman–Crippen MR) is 85.0 cm³/mol. The highest BCUT2D eigenvalue weighted by molar-refractivity contribution is 6.34. The average molecular weight is 316 g/mol. The third-order valence-electron chi connectivity index (χ3n) is 3.34. The molecular weight excluding hydrogens is 302 g/mol. The average Bonchev–Trinajstić information content (AvgIpc) is 2.92. The summed E-state index contributed by atoms with van der Waals surface area (Å²) in [6.45, 7) is 1.85. The third-order valence-corrected chi connectivity index (χ3v) is 3.63. The Hall–Kier alpha value is -2.40. The highest BCUT2D eigenvalue weighted by atomic mass is 35.5. The van der Waals surface area contributed by atoms with E-state index in [2.05, 4.69) is 9.97 Å². The maximum Gasteiger partial charge on any atom is 0.272 e. The lowest BCUT2D eigenvalue weighted by Gasteiger charge is -2.11. The number of rotatable bonds is 2. The zero-order valence-electron chi connectivity index (χ0n) is 12.4. The quantitative estimate of drug-likeness (QED) is 0.725. The van der Waals surface area contributed by atoms with E-state index in [1.54, 1.807) is 32.6 Å². The Kier molecular flexibility index (Phi) is 3.58. The second-order valence-corrected chi connectivity index (χ2v) is 5.61. The van der Waals surface area contributed by atoms with Crippen molar-refractivity contribution in [2.24, 2.45) is 0 Å². The van der Waals surface area contributed by atoms with E-state index in [0.29, 0.717) is 27.6 Å². The van der Waals surface area contributed by atoms with Gasteiger partial charge in [0.25, 0.3) is 5.91 Å². The Bertz CT molecular complexity index is 871. The SMILES string of the molecule is Cc1cc(-c2cc3nccc(Cl)c3o2)cnc1C(=O)N(C)C. The van der Waals surface area contributed by atoms with E-state index in [-0.39, 0.29) is 5.91 Å². The van der Waals surface area contributed by atoms with Crippen molar-refractivity contribution < 1.29 is 9.21 Å². The van der Waals surface area contributed by atoms with E-state index in [1.807, 2.05) is 19.1 Å². The van der Waals surface area contributed by atoms with Gasteiger partial charge in [0, 0.05) is 38.1 Å². The number of pyridine rings is 2. The molecule has 0 radical (unpaired) electrons. The molecule has 1 amide bonds. The molecule has 3 rings (SSSR count). The number of carbonyl (C=O) groups is 1. The second-order valence-electron chi connectivity index (χ2n) is 5.21. The van der Waals surface area contributed by atoms with Gasteiger partial charge < -0.3 is 9.32 Å². The summed E-state index contributed by atoms with van der Waals surface area (Å²) in [4.78, 5) is 22.0. The highest BCUT2D eigenvalue weighted by Gasteiger charge is 2.15. The van der Waals surface area contributed by atoms with Crippen LogP contribution < -0.4 is 0 Å². The Balaban J connectivity index is 2.06. The summed E-state index contributed by atoms with van der Waals surface area (Å²) < 4.78 is 5.76. The molecule has 0 aliphatic rings. The second kappa shape index (κ2) is 5.42. The van der Waals surface area contributed by atoms with Crippen LogP contribution >= 0.6 is 11.6 Å². The zero-order valence-corrected chi connectivity index (χ0v) is 13.2. The van der Waals surface area contributed by atoms with Gasteiger partial charge in [-0.25, -0.2) is 0 Å². The van der Waals surface area contributed by atoms with Crippen LogP contribution in [-0.4, -0.2) is 34.9 Å². The molecule has 0 saturated heterocycles. The molecule has 3 aromatic rings. The van der Waals surface area contributed by atoms with Gasteiger partial charge in [0.2, 0.25) is 0 Å². The van der Waals surface area contributed by atoms with Crippen LogP contribution in [0.15, 0.2) is 35.0 Å². The van der Waals surface area contributed by atoms with Crippen LogP contribution in [0.25, 0.3) is 22.4 Å². The summed E-state index contributed by atoms with van der Waals surface area (Å²) in [5.41, 5.74) is 3.23. The molecule has 0 aliphatic carbocycles. The van der Waals surface area contributed by atoms with E-state index < -0.39 is 0 Å². The number of carbonyl (C=O) groups excluding carboxylic acids is 1. The standard InChI is InChI=1S/C16H14ClN3O2/c1-9-6-10(8-19-14(9)16(21)20(2)3)13-7-12-15(22-13)11(17)4-5-18-12/h4-8H,1-3H3. The Morgan fingerprint density at radius 1 is 1.27 bits per heavy atom. The fourth-order valence-corrected chi connectivity index (χ4v) is 2.39. The van der Waals surface area contributed by atoms with Crippen molar-refractivity contribution in [3.63, 3.8) is 0 Å². The van der Waals surface area contributed by atoms with Gasteiger partial charge in [0.15, 0.2) is 5.58 Å². The monoisotopic (exact) mass is 315 g/mol. The van der Waals surface area contributed by atoms with Crippen LogP contribution in [-0.2, 0) is 0 Å². The van der Waals surface area contributed by atoms with Gasteiger partial charge >= 0.3 is 0 Å². The van der Waals surface area contributed by atoms with Gasteiger partial charge in [0.1, 0.15) is 17.0 Å². The summed E-state index contributed by atoms with van der Waals surface area (Å²) >= 11 is 6.09. The molecule has 0 unspecified atom stereocenters. The van der Waals surface area contributed by atoms with Gasteiger partial charge in [-0.2, -0.15) is 0 Å². The van der Waals surface area contributed by atoms with Crippen LogP contribution in [0.3, 0.4) is 0 Å². The molecule has 0 N–H and O–H groups in total. The van der Waals surface area contributed by atoms with Gasteiger partial charge in [-0.05, 0) is 24.6 Å². The van der Waals surface area contributed by atoms with Gasteiger partial charge in [0.05, 0.1) is 5.02 Å². The summed E-state index contributed by atoms with van der Waals surface area (Å²) in [5, 5.41) is 0.514. The third kappa shape index (κ3) is 2.44. The Labute approximate surface area is 132 Å². The minimum absolute atomic E-state index is 0.127. The van der Waals surface area contributed by atoms with Crippen molar-refractivity contribution in [2.45, 2.75) is 6.92 Å². The lowest BCUT2D eigenvalue weighted by molar-refractivity contribution is 0.0821. The number of fused-ring (bicyclic) bond motifs is 1. The molecule has 0 bridgehead atoms. The van der Waals surface area contributed by atoms with Crippen LogP contribution in [0.4, 0.5) is 0 Å². The molecule has 0 spiro atoms. The summed E-state index contributed by atoms with van der Waals surface area (Å²) in [6.07, 6.45) is 3.25. The molecule has 0 saturated carbocycles. The van der Waals surface area contributed by atoms with Crippen LogP contribution in [0.2, 0.25) is 5.02 Å². The normalized spacial score (nSPS) is 10.9. The fourth-order valence-electron chi connectivity index (χ4n) is 2.19. The van der Waals surface area contributed by atoms with Crippen LogP contribution in [0.1, 0.15) is 16.1 Å². The molecule has 112 valence electrons. The fraction of sp³-hybridized carbons (Fsp3) is 0.188. The van der Waals surface area contributed by atoms with Crippen LogP contribution in [0.5, 0.6) is 0 Å². The summed E-state index contributed by atoms with van der Waals surface area (Å²) in [7, 11) is 3.40. The zero-order chi connectivity index (χ0) is 15.9. The van der Waals surface area contributed by atoms with E-state index in [9.17, 15) is 4.79 Å². The number of hydrogen-bond donors (Lipinski definition) is 0. The first-order valence-electron chi connectivity index (χ1n) is 6.70. The first-order chi connectivity index (χ1) is 10.5. The number of furan rings is 1. The number of aryl methyl sites for hydroxylation is 1. The molecule has 3 heterocycles. The van der Waals surface area contributed by atoms with E-state index >= 15 is 0 Å². The number of amides is 1. The topological polar surface area (TPSA) is 59.2 Å². The molecule has 0 aliphatic heterocycles. The lowest BCUT2D eigenvalue weighted by Crippen LogP contribution is -2.23. The van der Waals surface area contributed by atoms with Crippen molar-refractivity contribution in [1.29, 1.82) is 0 Å². The number of halogens is 1. The van der Waals surface area contributed by atoms with E-state index in [1.165, 1.54) is 4.90 Å². The summed E-state index contributed by atoms with van der Waals surface area (Å²) in [5.74, 6) is 0.494. The molecular formula is C16H14ClN3O2. The minimum atomic E-state index is -0.127. The van der Waals surface area contributed by atoms with Crippen molar-refractivity contribution in [3.05, 3.63) is 46.9 Å². The number of aromatic nitrogens is 2. The Morgan fingerprint density at radius 2 is 2.05 bits per heavy atom. The van der Waals surface area contributed by atoms with Crippen molar-refractivity contribution in [3.8, 4) is 11.3 Å². The largest absolute Gasteiger partial charge is 0.453 e. The van der Waals surface area contributed by atoms with Gasteiger partial charge in [-0.3, -0.25) is 14.8 Å². The van der Waals surface area contributed by atoms with Crippen molar-refractivity contribution in [2.75, 3.05) is 14.1 Å². The Morgan fingerprint density at radius 3 is 2.68 bits per heavy atom. The van der Waals surface area contributed by atoms with Gasteiger partial charge in [-0.15, -0.1) is 0 Å². The van der Waals surface area contributed by atoms with Crippen molar-refractivity contribution >= 4 is 28.6 Å². The molecule has 0 atom stereocenters. The number of nitrogens with zero attached hydrogens (tertiary/aromatic N) is 3. The number of hydrogen-bond acceptors (Lipinski definition) is 4. The molecule has 3 aromatic heterocycles. The molecule has 6 heteroatoms. The lowest BCUT2D eigenvalue weighted by atomic mass is 10.1. The maximum absolute atomic E-state index is 12.0. The van der Waals surface area contributed by atoms with Crippen molar-refractivity contribution in [1.82, 2.24) is 14.9 Å². The first-order valence-corrected chi connectivity index (χ1v) is 7.08. The molecule has 22 heavy (non-hydrogen) atoms. The van der Waals surface area contributed by atoms with E-state index in [4.69, 9.17) is 16.0 Å².